The Morgan fingerprint density at radius 1 is 1.38 bits per heavy atom. The van der Waals surface area contributed by atoms with Crippen molar-refractivity contribution in [3.05, 3.63) is 29.8 Å². The lowest BCUT2D eigenvalue weighted by atomic mass is 9.97. The largest absolute Gasteiger partial charge is 0.396 e. The van der Waals surface area contributed by atoms with Crippen LogP contribution >= 0.6 is 0 Å². The van der Waals surface area contributed by atoms with E-state index in [9.17, 15) is 4.39 Å². The topological polar surface area (TPSA) is 48.4 Å². The second-order valence-electron chi connectivity index (χ2n) is 5.38. The Morgan fingerprint density at radius 3 is 2.67 bits per heavy atom. The predicted molar refractivity (Wildman–Crippen MR) is 83.6 cm³/mol. The van der Waals surface area contributed by atoms with Crippen molar-refractivity contribution in [1.29, 1.82) is 0 Å². The molecule has 1 heterocycles. The van der Waals surface area contributed by atoms with Gasteiger partial charge in [-0.1, -0.05) is 20.8 Å². The maximum atomic E-state index is 13.0. The van der Waals surface area contributed by atoms with Gasteiger partial charge in [0.25, 0.3) is 0 Å². The molecular formula is C16H28FN3O. The Bertz CT molecular complexity index is 386. The van der Waals surface area contributed by atoms with Crippen LogP contribution in [-0.2, 0) is 0 Å². The Balaban J connectivity index is 2.72. The monoisotopic (exact) mass is 297 g/mol. The van der Waals surface area contributed by atoms with Crippen LogP contribution in [0.4, 0.5) is 4.39 Å². The highest BCUT2D eigenvalue weighted by Crippen LogP contribution is 2.21. The minimum Gasteiger partial charge on any atom is -0.396 e. The predicted octanol–water partition coefficient (Wildman–Crippen LogP) is 2.21. The van der Waals surface area contributed by atoms with Crippen LogP contribution < -0.4 is 5.32 Å². The van der Waals surface area contributed by atoms with Gasteiger partial charge >= 0.3 is 0 Å². The van der Waals surface area contributed by atoms with Crippen molar-refractivity contribution in [2.45, 2.75) is 33.2 Å². The molecule has 0 spiro atoms. The second-order valence-corrected chi connectivity index (χ2v) is 5.38. The second kappa shape index (κ2) is 9.82. The number of aliphatic hydroxyl groups excluding tert-OH is 1. The van der Waals surface area contributed by atoms with Crippen molar-refractivity contribution in [3.63, 3.8) is 0 Å². The quantitative estimate of drug-likeness (QED) is 0.695. The van der Waals surface area contributed by atoms with Gasteiger partial charge < -0.3 is 15.3 Å². The molecule has 120 valence electrons. The smallest absolute Gasteiger partial charge is 0.141 e. The first-order valence-corrected chi connectivity index (χ1v) is 7.80. The number of nitrogens with one attached hydrogen (secondary N) is 1. The Labute approximate surface area is 127 Å². The van der Waals surface area contributed by atoms with Crippen LogP contribution in [0.15, 0.2) is 18.3 Å². The molecule has 1 aromatic heterocycles. The minimum absolute atomic E-state index is 0.110. The molecule has 5 heteroatoms. The molecule has 1 rings (SSSR count). The highest BCUT2D eigenvalue weighted by Gasteiger charge is 2.21. The lowest BCUT2D eigenvalue weighted by Gasteiger charge is -2.30. The summed E-state index contributed by atoms with van der Waals surface area (Å²) in [5, 5.41) is 12.4. The Hall–Kier alpha value is -1.04. The Morgan fingerprint density at radius 2 is 2.14 bits per heavy atom. The number of aliphatic hydroxyl groups is 1. The van der Waals surface area contributed by atoms with Crippen LogP contribution in [0.2, 0.25) is 0 Å². The van der Waals surface area contributed by atoms with Crippen molar-refractivity contribution in [2.75, 3.05) is 32.8 Å². The summed E-state index contributed by atoms with van der Waals surface area (Å²) < 4.78 is 13.0. The van der Waals surface area contributed by atoms with Crippen LogP contribution in [-0.4, -0.2) is 47.8 Å². The van der Waals surface area contributed by atoms with Crippen molar-refractivity contribution in [3.8, 4) is 0 Å². The molecule has 0 saturated heterocycles. The first-order valence-electron chi connectivity index (χ1n) is 7.80. The van der Waals surface area contributed by atoms with E-state index in [2.05, 4.69) is 36.0 Å². The van der Waals surface area contributed by atoms with E-state index in [1.54, 1.807) is 6.07 Å². The summed E-state index contributed by atoms with van der Waals surface area (Å²) in [6.45, 7) is 10.2. The zero-order chi connectivity index (χ0) is 15.7. The first kappa shape index (κ1) is 18.0. The molecule has 1 aromatic rings. The van der Waals surface area contributed by atoms with E-state index in [-0.39, 0.29) is 18.5 Å². The average molecular weight is 297 g/mol. The van der Waals surface area contributed by atoms with E-state index in [0.29, 0.717) is 5.92 Å². The van der Waals surface area contributed by atoms with Crippen molar-refractivity contribution in [1.82, 2.24) is 15.2 Å². The molecule has 0 fully saturated rings. The van der Waals surface area contributed by atoms with Gasteiger partial charge in [0.2, 0.25) is 0 Å². The highest BCUT2D eigenvalue weighted by atomic mass is 19.1. The third-order valence-corrected chi connectivity index (χ3v) is 3.69. The van der Waals surface area contributed by atoms with Gasteiger partial charge in [0.1, 0.15) is 5.82 Å². The van der Waals surface area contributed by atoms with Gasteiger partial charge in [-0.3, -0.25) is 4.98 Å². The molecule has 2 unspecified atom stereocenters. The van der Waals surface area contributed by atoms with E-state index >= 15 is 0 Å². The lowest BCUT2D eigenvalue weighted by Crippen LogP contribution is -2.37. The molecule has 0 radical (unpaired) electrons. The minimum atomic E-state index is -0.306. The van der Waals surface area contributed by atoms with Gasteiger partial charge in [-0.2, -0.15) is 0 Å². The summed E-state index contributed by atoms with van der Waals surface area (Å²) in [6, 6.07) is 3.32. The fourth-order valence-electron chi connectivity index (χ4n) is 2.57. The van der Waals surface area contributed by atoms with Gasteiger partial charge in [-0.15, -0.1) is 0 Å². The molecule has 0 saturated carbocycles. The van der Waals surface area contributed by atoms with Crippen LogP contribution in [0.3, 0.4) is 0 Å². The molecule has 0 aromatic carbocycles. The molecule has 0 aliphatic rings. The highest BCUT2D eigenvalue weighted by molar-refractivity contribution is 5.11. The molecule has 0 aliphatic heterocycles. The first-order chi connectivity index (χ1) is 10.1. The lowest BCUT2D eigenvalue weighted by molar-refractivity contribution is 0.194. The zero-order valence-electron chi connectivity index (χ0n) is 13.3. The molecule has 21 heavy (non-hydrogen) atoms. The van der Waals surface area contributed by atoms with E-state index in [1.165, 1.54) is 12.3 Å². The van der Waals surface area contributed by atoms with Crippen LogP contribution in [0.5, 0.6) is 0 Å². The molecule has 2 atom stereocenters. The number of hydrogen-bond donors (Lipinski definition) is 2. The average Bonchev–Trinajstić information content (AvgIpc) is 2.50. The molecule has 2 N–H and O–H groups in total. The van der Waals surface area contributed by atoms with Gasteiger partial charge in [-0.25, -0.2) is 4.39 Å². The van der Waals surface area contributed by atoms with E-state index < -0.39 is 0 Å². The fourth-order valence-corrected chi connectivity index (χ4v) is 2.57. The van der Waals surface area contributed by atoms with Gasteiger partial charge in [-0.05, 0) is 37.6 Å². The number of rotatable bonds is 10. The molecular weight excluding hydrogens is 269 g/mol. The Kier molecular flexibility index (Phi) is 8.42. The van der Waals surface area contributed by atoms with Gasteiger partial charge in [0.15, 0.2) is 0 Å². The van der Waals surface area contributed by atoms with Crippen molar-refractivity contribution >= 4 is 0 Å². The molecule has 0 amide bonds. The van der Waals surface area contributed by atoms with Crippen LogP contribution in [0.1, 0.15) is 38.9 Å². The van der Waals surface area contributed by atoms with Crippen molar-refractivity contribution in [2.24, 2.45) is 5.92 Å². The summed E-state index contributed by atoms with van der Waals surface area (Å²) in [5.74, 6) is 0.0429. The van der Waals surface area contributed by atoms with Crippen LogP contribution in [0.25, 0.3) is 0 Å². The van der Waals surface area contributed by atoms with Crippen LogP contribution in [0, 0.1) is 11.7 Å². The van der Waals surface area contributed by atoms with Gasteiger partial charge in [0, 0.05) is 19.7 Å². The summed E-state index contributed by atoms with van der Waals surface area (Å²) in [7, 11) is 0. The third-order valence-electron chi connectivity index (χ3n) is 3.69. The van der Waals surface area contributed by atoms with E-state index in [0.717, 1.165) is 38.3 Å². The summed E-state index contributed by atoms with van der Waals surface area (Å²) in [4.78, 5) is 6.55. The number of aromatic nitrogens is 1. The fraction of sp³-hybridized carbons (Fsp3) is 0.688. The van der Waals surface area contributed by atoms with Gasteiger partial charge in [0.05, 0.1) is 17.9 Å². The summed E-state index contributed by atoms with van der Waals surface area (Å²) in [5.41, 5.74) is 0.879. The zero-order valence-corrected chi connectivity index (χ0v) is 13.3. The van der Waals surface area contributed by atoms with E-state index in [4.69, 9.17) is 5.11 Å². The standard InChI is InChI=1S/C16H28FN3O/c1-4-18-16(15-8-7-14(17)11-19-15)13(3)12-20(5-2)9-6-10-21/h7-8,11,13,16,18,21H,4-6,9-10,12H2,1-3H3. The summed E-state index contributed by atoms with van der Waals surface area (Å²) >= 11 is 0. The maximum Gasteiger partial charge on any atom is 0.141 e. The molecule has 4 nitrogen and oxygen atoms in total. The SMILES string of the molecule is CCNC(c1ccc(F)cn1)C(C)CN(CC)CCCO. The summed E-state index contributed by atoms with van der Waals surface area (Å²) in [6.07, 6.45) is 2.07. The number of halogens is 1. The number of hydrogen-bond acceptors (Lipinski definition) is 4. The van der Waals surface area contributed by atoms with E-state index in [1.807, 2.05) is 0 Å². The number of pyridine rings is 1. The molecule has 0 bridgehead atoms. The normalized spacial score (nSPS) is 14.4. The third kappa shape index (κ3) is 6.08. The number of nitrogens with zero attached hydrogens (tertiary/aromatic N) is 2. The van der Waals surface area contributed by atoms with Crippen molar-refractivity contribution < 1.29 is 9.50 Å². The molecule has 0 aliphatic carbocycles. The maximum absolute atomic E-state index is 13.0.